The maximum atomic E-state index is 12.8. The lowest BCUT2D eigenvalue weighted by Crippen LogP contribution is -2.11. The molecule has 0 spiro atoms. The molecule has 0 aliphatic heterocycles. The molecule has 2 aromatic rings. The summed E-state index contributed by atoms with van der Waals surface area (Å²) in [5.74, 6) is -0.105. The van der Waals surface area contributed by atoms with Gasteiger partial charge in [0.1, 0.15) is 24.8 Å². The number of hydrogen-bond acceptors (Lipinski definition) is 4. The topological polar surface area (TPSA) is 65.0 Å². The first kappa shape index (κ1) is 18.1. The van der Waals surface area contributed by atoms with Gasteiger partial charge in [0.25, 0.3) is 0 Å². The van der Waals surface area contributed by atoms with Crippen LogP contribution in [-0.2, 0) is 0 Å². The van der Waals surface area contributed by atoms with E-state index >= 15 is 0 Å². The number of carbonyl (C=O) groups is 1. The van der Waals surface area contributed by atoms with Crippen LogP contribution in [0.5, 0.6) is 17.2 Å². The molecule has 128 valence electrons. The van der Waals surface area contributed by atoms with Crippen LogP contribution in [-0.4, -0.2) is 30.9 Å². The number of carboxylic acids is 1. The second-order valence-electron chi connectivity index (χ2n) is 4.67. The molecule has 2 rings (SSSR count). The fraction of sp³-hybridized carbons (Fsp3) is 0.235. The van der Waals surface area contributed by atoms with E-state index in [-0.39, 0.29) is 24.6 Å². The summed E-state index contributed by atoms with van der Waals surface area (Å²) in [6, 6.07) is 8.53. The zero-order valence-corrected chi connectivity index (χ0v) is 14.5. The van der Waals surface area contributed by atoms with Crippen LogP contribution in [0.15, 0.2) is 40.9 Å². The number of rotatable bonds is 8. The molecule has 0 radical (unpaired) electrons. The van der Waals surface area contributed by atoms with Crippen molar-refractivity contribution in [2.45, 2.75) is 6.92 Å². The zero-order valence-electron chi connectivity index (χ0n) is 12.9. The van der Waals surface area contributed by atoms with E-state index in [1.165, 1.54) is 36.4 Å². The molecule has 24 heavy (non-hydrogen) atoms. The van der Waals surface area contributed by atoms with Crippen molar-refractivity contribution in [3.05, 3.63) is 52.3 Å². The number of ether oxygens (including phenoxy) is 3. The van der Waals surface area contributed by atoms with Crippen molar-refractivity contribution in [1.29, 1.82) is 0 Å². The Morgan fingerprint density at radius 1 is 1.12 bits per heavy atom. The predicted molar refractivity (Wildman–Crippen MR) is 89.7 cm³/mol. The number of halogens is 2. The number of benzene rings is 2. The van der Waals surface area contributed by atoms with Crippen LogP contribution in [0.25, 0.3) is 0 Å². The van der Waals surface area contributed by atoms with Crippen molar-refractivity contribution in [2.24, 2.45) is 0 Å². The number of hydrogen-bond donors (Lipinski definition) is 1. The lowest BCUT2D eigenvalue weighted by atomic mass is 10.2. The van der Waals surface area contributed by atoms with Gasteiger partial charge in [-0.25, -0.2) is 9.18 Å². The Morgan fingerprint density at radius 2 is 1.79 bits per heavy atom. The molecule has 0 saturated heterocycles. The molecule has 5 nitrogen and oxygen atoms in total. The molecule has 0 fully saturated rings. The largest absolute Gasteiger partial charge is 0.490 e. The maximum absolute atomic E-state index is 12.8. The van der Waals surface area contributed by atoms with Gasteiger partial charge < -0.3 is 19.3 Å². The molecular weight excluding hydrogens is 383 g/mol. The van der Waals surface area contributed by atoms with E-state index in [0.29, 0.717) is 28.3 Å². The zero-order chi connectivity index (χ0) is 17.5. The molecule has 0 aromatic heterocycles. The number of aromatic carboxylic acids is 1. The summed E-state index contributed by atoms with van der Waals surface area (Å²) in [6.45, 7) is 2.62. The molecule has 0 amide bonds. The van der Waals surface area contributed by atoms with E-state index in [4.69, 9.17) is 19.3 Å². The third kappa shape index (κ3) is 4.86. The minimum Gasteiger partial charge on any atom is -0.490 e. The quantitative estimate of drug-likeness (QED) is 0.676. The Kier molecular flexibility index (Phi) is 6.43. The summed E-state index contributed by atoms with van der Waals surface area (Å²) in [5, 5.41) is 9.09. The molecule has 0 atom stereocenters. The van der Waals surface area contributed by atoms with Crippen LogP contribution in [0, 0.1) is 5.82 Å². The Bertz CT molecular complexity index is 703. The lowest BCUT2D eigenvalue weighted by Gasteiger charge is -2.15. The van der Waals surface area contributed by atoms with Gasteiger partial charge in [0, 0.05) is 0 Å². The molecule has 0 unspecified atom stereocenters. The minimum atomic E-state index is -1.05. The Labute approximate surface area is 147 Å². The average molecular weight is 399 g/mol. The summed E-state index contributed by atoms with van der Waals surface area (Å²) in [6.07, 6.45) is 0. The SMILES string of the molecule is CCOc1cc(C(=O)O)cc(Br)c1OCCOc1ccc(F)cc1. The van der Waals surface area contributed by atoms with Gasteiger partial charge in [-0.3, -0.25) is 0 Å². The monoisotopic (exact) mass is 398 g/mol. The third-order valence-corrected chi connectivity index (χ3v) is 3.56. The highest BCUT2D eigenvalue weighted by Gasteiger charge is 2.15. The molecular formula is C17H16BrFO5. The van der Waals surface area contributed by atoms with E-state index in [9.17, 15) is 9.18 Å². The second kappa shape index (κ2) is 8.54. The molecule has 1 N–H and O–H groups in total. The minimum absolute atomic E-state index is 0.0974. The molecule has 0 heterocycles. The number of carboxylic acid groups (broad SMARTS) is 1. The smallest absolute Gasteiger partial charge is 0.335 e. The maximum Gasteiger partial charge on any atom is 0.335 e. The van der Waals surface area contributed by atoms with Gasteiger partial charge in [0.15, 0.2) is 11.5 Å². The van der Waals surface area contributed by atoms with E-state index < -0.39 is 5.97 Å². The predicted octanol–water partition coefficient (Wildman–Crippen LogP) is 4.14. The van der Waals surface area contributed by atoms with Crippen LogP contribution in [0.4, 0.5) is 4.39 Å². The first-order chi connectivity index (χ1) is 11.5. The highest BCUT2D eigenvalue weighted by Crippen LogP contribution is 2.37. The summed E-state index contributed by atoms with van der Waals surface area (Å²) >= 11 is 3.29. The van der Waals surface area contributed by atoms with Crippen LogP contribution in [0.1, 0.15) is 17.3 Å². The average Bonchev–Trinajstić information content (AvgIpc) is 2.55. The molecule has 0 aliphatic carbocycles. The van der Waals surface area contributed by atoms with Gasteiger partial charge >= 0.3 is 5.97 Å². The van der Waals surface area contributed by atoms with Crippen LogP contribution < -0.4 is 14.2 Å². The van der Waals surface area contributed by atoms with E-state index in [2.05, 4.69) is 15.9 Å². The van der Waals surface area contributed by atoms with Gasteiger partial charge in [-0.2, -0.15) is 0 Å². The van der Waals surface area contributed by atoms with Crippen LogP contribution in [0.2, 0.25) is 0 Å². The molecule has 7 heteroatoms. The van der Waals surface area contributed by atoms with Crippen molar-refractivity contribution < 1.29 is 28.5 Å². The Balaban J connectivity index is 2.00. The van der Waals surface area contributed by atoms with E-state index in [1.807, 2.05) is 0 Å². The fourth-order valence-corrected chi connectivity index (χ4v) is 2.49. The van der Waals surface area contributed by atoms with Crippen molar-refractivity contribution in [3.63, 3.8) is 0 Å². The summed E-state index contributed by atoms with van der Waals surface area (Å²) in [5.41, 5.74) is 0.0974. The lowest BCUT2D eigenvalue weighted by molar-refractivity contribution is 0.0696. The van der Waals surface area contributed by atoms with Gasteiger partial charge in [0.2, 0.25) is 0 Å². The summed E-state index contributed by atoms with van der Waals surface area (Å²) in [4.78, 5) is 11.1. The van der Waals surface area contributed by atoms with Crippen molar-refractivity contribution in [3.8, 4) is 17.2 Å². The first-order valence-electron chi connectivity index (χ1n) is 7.22. The Morgan fingerprint density at radius 3 is 2.42 bits per heavy atom. The van der Waals surface area contributed by atoms with Crippen molar-refractivity contribution >= 4 is 21.9 Å². The fourth-order valence-electron chi connectivity index (χ4n) is 1.93. The van der Waals surface area contributed by atoms with Gasteiger partial charge in [0.05, 0.1) is 16.6 Å². The molecule has 2 aromatic carbocycles. The molecule has 0 bridgehead atoms. The van der Waals surface area contributed by atoms with Crippen LogP contribution >= 0.6 is 15.9 Å². The van der Waals surface area contributed by atoms with Crippen LogP contribution in [0.3, 0.4) is 0 Å². The van der Waals surface area contributed by atoms with Crippen molar-refractivity contribution in [1.82, 2.24) is 0 Å². The first-order valence-corrected chi connectivity index (χ1v) is 8.01. The normalized spacial score (nSPS) is 10.3. The van der Waals surface area contributed by atoms with E-state index in [0.717, 1.165) is 0 Å². The molecule has 0 saturated carbocycles. The second-order valence-corrected chi connectivity index (χ2v) is 5.53. The van der Waals surface area contributed by atoms with Crippen molar-refractivity contribution in [2.75, 3.05) is 19.8 Å². The van der Waals surface area contributed by atoms with Gasteiger partial charge in [-0.15, -0.1) is 0 Å². The summed E-state index contributed by atoms with van der Waals surface area (Å²) in [7, 11) is 0. The highest BCUT2D eigenvalue weighted by molar-refractivity contribution is 9.10. The highest BCUT2D eigenvalue weighted by atomic mass is 79.9. The standard InChI is InChI=1S/C17H16BrFO5/c1-2-22-15-10-11(17(20)21)9-14(18)16(15)24-8-7-23-13-5-3-12(19)4-6-13/h3-6,9-10H,2,7-8H2,1H3,(H,20,21). The van der Waals surface area contributed by atoms with E-state index in [1.54, 1.807) is 6.92 Å². The Hall–Kier alpha value is -2.28. The van der Waals surface area contributed by atoms with Gasteiger partial charge in [-0.1, -0.05) is 0 Å². The summed E-state index contributed by atoms with van der Waals surface area (Å²) < 4.78 is 29.8. The van der Waals surface area contributed by atoms with Gasteiger partial charge in [-0.05, 0) is 59.3 Å². The third-order valence-electron chi connectivity index (χ3n) is 2.97. The molecule has 0 aliphatic rings.